The van der Waals surface area contributed by atoms with Crippen molar-refractivity contribution in [1.29, 1.82) is 0 Å². The highest BCUT2D eigenvalue weighted by molar-refractivity contribution is 5.44. The Hall–Kier alpha value is -2.00. The van der Waals surface area contributed by atoms with Crippen molar-refractivity contribution >= 4 is 0 Å². The lowest BCUT2D eigenvalue weighted by Crippen LogP contribution is -2.30. The topological polar surface area (TPSA) is 30.5 Å². The van der Waals surface area contributed by atoms with Gasteiger partial charge in [-0.3, -0.25) is 0 Å². The van der Waals surface area contributed by atoms with E-state index < -0.39 is 0 Å². The SMILES string of the molecule is C[C@H](N[C@@H](C)Cc1ccc2c(c1)OCO2)c1ccccc1. The van der Waals surface area contributed by atoms with Gasteiger partial charge in [0.25, 0.3) is 0 Å². The highest BCUT2D eigenvalue weighted by atomic mass is 16.7. The van der Waals surface area contributed by atoms with Gasteiger partial charge < -0.3 is 14.8 Å². The Kier molecular flexibility index (Phi) is 4.11. The van der Waals surface area contributed by atoms with E-state index in [2.05, 4.69) is 55.6 Å². The van der Waals surface area contributed by atoms with Crippen LogP contribution in [0.5, 0.6) is 11.5 Å². The van der Waals surface area contributed by atoms with Crippen LogP contribution in [0.3, 0.4) is 0 Å². The van der Waals surface area contributed by atoms with E-state index in [-0.39, 0.29) is 0 Å². The Labute approximate surface area is 125 Å². The highest BCUT2D eigenvalue weighted by Crippen LogP contribution is 2.32. The van der Waals surface area contributed by atoms with Crippen molar-refractivity contribution in [2.24, 2.45) is 0 Å². The number of rotatable bonds is 5. The second-order valence-electron chi connectivity index (χ2n) is 5.59. The van der Waals surface area contributed by atoms with Crippen LogP contribution >= 0.6 is 0 Å². The zero-order valence-electron chi connectivity index (χ0n) is 12.5. The van der Waals surface area contributed by atoms with Crippen LogP contribution in [0.15, 0.2) is 48.5 Å². The van der Waals surface area contributed by atoms with Crippen molar-refractivity contribution in [2.75, 3.05) is 6.79 Å². The van der Waals surface area contributed by atoms with Gasteiger partial charge in [0.2, 0.25) is 6.79 Å². The lowest BCUT2D eigenvalue weighted by Gasteiger charge is -2.20. The molecule has 0 spiro atoms. The first kappa shape index (κ1) is 14.0. The minimum Gasteiger partial charge on any atom is -0.454 e. The van der Waals surface area contributed by atoms with Crippen LogP contribution in [-0.2, 0) is 6.42 Å². The molecule has 1 aliphatic heterocycles. The molecular formula is C18H21NO2. The summed E-state index contributed by atoms with van der Waals surface area (Å²) in [5, 5.41) is 3.64. The van der Waals surface area contributed by atoms with Gasteiger partial charge in [-0.25, -0.2) is 0 Å². The monoisotopic (exact) mass is 283 g/mol. The van der Waals surface area contributed by atoms with Gasteiger partial charge >= 0.3 is 0 Å². The first-order valence-electron chi connectivity index (χ1n) is 7.42. The Bertz CT molecular complexity index is 597. The molecule has 0 aromatic heterocycles. The number of fused-ring (bicyclic) bond motifs is 1. The van der Waals surface area contributed by atoms with Crippen molar-refractivity contribution in [2.45, 2.75) is 32.4 Å². The molecule has 2 atom stereocenters. The molecule has 0 saturated carbocycles. The van der Waals surface area contributed by atoms with E-state index in [0.717, 1.165) is 17.9 Å². The molecule has 1 heterocycles. The van der Waals surface area contributed by atoms with Crippen molar-refractivity contribution in [3.63, 3.8) is 0 Å². The largest absolute Gasteiger partial charge is 0.454 e. The summed E-state index contributed by atoms with van der Waals surface area (Å²) in [5.74, 6) is 1.70. The van der Waals surface area contributed by atoms with Gasteiger partial charge in [0.15, 0.2) is 11.5 Å². The van der Waals surface area contributed by atoms with Gasteiger partial charge in [-0.1, -0.05) is 36.4 Å². The molecule has 0 unspecified atom stereocenters. The normalized spacial score (nSPS) is 15.7. The lowest BCUT2D eigenvalue weighted by molar-refractivity contribution is 0.174. The molecule has 0 amide bonds. The van der Waals surface area contributed by atoms with Crippen LogP contribution in [0.2, 0.25) is 0 Å². The molecule has 0 bridgehead atoms. The summed E-state index contributed by atoms with van der Waals surface area (Å²) >= 11 is 0. The van der Waals surface area contributed by atoms with Crippen molar-refractivity contribution in [1.82, 2.24) is 5.32 Å². The second kappa shape index (κ2) is 6.19. The highest BCUT2D eigenvalue weighted by Gasteiger charge is 2.15. The first-order chi connectivity index (χ1) is 10.2. The molecule has 3 rings (SSSR count). The number of hydrogen-bond donors (Lipinski definition) is 1. The summed E-state index contributed by atoms with van der Waals surface area (Å²) in [6, 6.07) is 17.4. The van der Waals surface area contributed by atoms with Gasteiger partial charge in [0.05, 0.1) is 0 Å². The van der Waals surface area contributed by atoms with Gasteiger partial charge in [-0.05, 0) is 43.5 Å². The summed E-state index contributed by atoms with van der Waals surface area (Å²) in [7, 11) is 0. The van der Waals surface area contributed by atoms with Crippen LogP contribution in [0, 0.1) is 0 Å². The Balaban J connectivity index is 1.60. The molecule has 21 heavy (non-hydrogen) atoms. The molecule has 0 fully saturated rings. The van der Waals surface area contributed by atoms with E-state index >= 15 is 0 Å². The summed E-state index contributed by atoms with van der Waals surface area (Å²) in [6.45, 7) is 4.74. The van der Waals surface area contributed by atoms with E-state index in [1.807, 2.05) is 12.1 Å². The predicted molar refractivity (Wildman–Crippen MR) is 83.7 cm³/mol. The minimum absolute atomic E-state index is 0.331. The van der Waals surface area contributed by atoms with Gasteiger partial charge in [0, 0.05) is 12.1 Å². The molecular weight excluding hydrogens is 262 g/mol. The summed E-state index contributed by atoms with van der Waals surface area (Å²) in [5.41, 5.74) is 2.58. The summed E-state index contributed by atoms with van der Waals surface area (Å²) in [6.07, 6.45) is 0.966. The lowest BCUT2D eigenvalue weighted by atomic mass is 10.0. The zero-order valence-corrected chi connectivity index (χ0v) is 12.5. The molecule has 0 aliphatic carbocycles. The zero-order chi connectivity index (χ0) is 14.7. The van der Waals surface area contributed by atoms with E-state index in [1.54, 1.807) is 0 Å². The number of nitrogens with one attached hydrogen (secondary N) is 1. The number of benzene rings is 2. The average Bonchev–Trinajstić information content (AvgIpc) is 2.95. The Morgan fingerprint density at radius 1 is 1.00 bits per heavy atom. The fraction of sp³-hybridized carbons (Fsp3) is 0.333. The molecule has 110 valence electrons. The van der Waals surface area contributed by atoms with Crippen LogP contribution < -0.4 is 14.8 Å². The third-order valence-corrected chi connectivity index (χ3v) is 3.81. The van der Waals surface area contributed by atoms with Gasteiger partial charge in [-0.15, -0.1) is 0 Å². The van der Waals surface area contributed by atoms with Gasteiger partial charge in [0.1, 0.15) is 0 Å². The van der Waals surface area contributed by atoms with Crippen LogP contribution in [0.1, 0.15) is 31.0 Å². The quantitative estimate of drug-likeness (QED) is 0.907. The number of ether oxygens (including phenoxy) is 2. The molecule has 0 radical (unpaired) electrons. The molecule has 2 aromatic rings. The van der Waals surface area contributed by atoms with E-state index in [9.17, 15) is 0 Å². The van der Waals surface area contributed by atoms with Crippen molar-refractivity contribution in [3.05, 3.63) is 59.7 Å². The molecule has 1 aliphatic rings. The standard InChI is InChI=1S/C18H21NO2/c1-13(19-14(2)16-6-4-3-5-7-16)10-15-8-9-17-18(11-15)21-12-20-17/h3-9,11,13-14,19H,10,12H2,1-2H3/t13-,14-/m0/s1. The molecule has 3 heteroatoms. The third kappa shape index (κ3) is 3.37. The van der Waals surface area contributed by atoms with Crippen LogP contribution in [-0.4, -0.2) is 12.8 Å². The van der Waals surface area contributed by atoms with Crippen molar-refractivity contribution < 1.29 is 9.47 Å². The molecule has 2 aromatic carbocycles. The maximum atomic E-state index is 5.43. The molecule has 3 nitrogen and oxygen atoms in total. The van der Waals surface area contributed by atoms with E-state index in [1.165, 1.54) is 11.1 Å². The Morgan fingerprint density at radius 3 is 2.57 bits per heavy atom. The van der Waals surface area contributed by atoms with E-state index in [0.29, 0.717) is 18.9 Å². The summed E-state index contributed by atoms with van der Waals surface area (Å²) in [4.78, 5) is 0. The Morgan fingerprint density at radius 2 is 1.76 bits per heavy atom. The third-order valence-electron chi connectivity index (χ3n) is 3.81. The number of hydrogen-bond acceptors (Lipinski definition) is 3. The van der Waals surface area contributed by atoms with E-state index in [4.69, 9.17) is 9.47 Å². The minimum atomic E-state index is 0.331. The smallest absolute Gasteiger partial charge is 0.231 e. The van der Waals surface area contributed by atoms with Crippen LogP contribution in [0.4, 0.5) is 0 Å². The molecule has 0 saturated heterocycles. The fourth-order valence-corrected chi connectivity index (χ4v) is 2.75. The maximum Gasteiger partial charge on any atom is 0.231 e. The summed E-state index contributed by atoms with van der Waals surface area (Å²) < 4.78 is 10.8. The second-order valence-corrected chi connectivity index (χ2v) is 5.59. The van der Waals surface area contributed by atoms with Crippen LogP contribution in [0.25, 0.3) is 0 Å². The maximum absolute atomic E-state index is 5.43. The predicted octanol–water partition coefficient (Wildman–Crippen LogP) is 3.70. The average molecular weight is 283 g/mol. The fourth-order valence-electron chi connectivity index (χ4n) is 2.75. The first-order valence-corrected chi connectivity index (χ1v) is 7.42. The van der Waals surface area contributed by atoms with Crippen molar-refractivity contribution in [3.8, 4) is 11.5 Å². The molecule has 1 N–H and O–H groups in total. The van der Waals surface area contributed by atoms with Gasteiger partial charge in [-0.2, -0.15) is 0 Å².